The lowest BCUT2D eigenvalue weighted by Gasteiger charge is -2.39. The van der Waals surface area contributed by atoms with Gasteiger partial charge in [0, 0.05) is 43.8 Å². The van der Waals surface area contributed by atoms with Crippen molar-refractivity contribution < 1.29 is 14.2 Å². The molecule has 29 heavy (non-hydrogen) atoms. The van der Waals surface area contributed by atoms with Crippen molar-refractivity contribution in [1.82, 2.24) is 4.90 Å². The van der Waals surface area contributed by atoms with Crippen LogP contribution in [0.3, 0.4) is 0 Å². The fourth-order valence-corrected chi connectivity index (χ4v) is 3.81. The normalized spacial score (nSPS) is 16.2. The minimum atomic E-state index is 0. The van der Waals surface area contributed by atoms with Gasteiger partial charge in [0.1, 0.15) is 5.75 Å². The van der Waals surface area contributed by atoms with Gasteiger partial charge >= 0.3 is 0 Å². The van der Waals surface area contributed by atoms with Gasteiger partial charge in [0.25, 0.3) is 0 Å². The predicted molar refractivity (Wildman–Crippen MR) is 125 cm³/mol. The van der Waals surface area contributed by atoms with Crippen molar-refractivity contribution in [3.05, 3.63) is 29.8 Å². The molecule has 1 aliphatic carbocycles. The number of benzene rings is 1. The molecule has 1 aromatic rings. The second kappa shape index (κ2) is 15.3. The first kappa shape index (κ1) is 28.4. The van der Waals surface area contributed by atoms with Gasteiger partial charge in [-0.15, -0.1) is 24.8 Å². The minimum absolute atomic E-state index is 0. The van der Waals surface area contributed by atoms with E-state index in [9.17, 15) is 0 Å². The van der Waals surface area contributed by atoms with Gasteiger partial charge in [-0.2, -0.15) is 0 Å². The topological polar surface area (TPSA) is 57.0 Å². The highest BCUT2D eigenvalue weighted by Gasteiger charge is 2.36. The largest absolute Gasteiger partial charge is 0.490 e. The molecule has 0 unspecified atom stereocenters. The third-order valence-electron chi connectivity index (χ3n) is 5.44. The van der Waals surface area contributed by atoms with Crippen LogP contribution in [0.5, 0.6) is 5.75 Å². The zero-order valence-electron chi connectivity index (χ0n) is 18.2. The highest BCUT2D eigenvalue weighted by atomic mass is 35.5. The highest BCUT2D eigenvalue weighted by molar-refractivity contribution is 5.85. The lowest BCUT2D eigenvalue weighted by atomic mass is 9.74. The number of halogens is 2. The van der Waals surface area contributed by atoms with E-state index in [1.165, 1.54) is 5.56 Å². The molecule has 5 nitrogen and oxygen atoms in total. The van der Waals surface area contributed by atoms with E-state index >= 15 is 0 Å². The molecule has 1 aliphatic rings. The SMILES string of the molecule is CCOCC1(COCC)CCC(Oc2ccccc2CN(C)CCN)CC1.Cl.Cl. The van der Waals surface area contributed by atoms with Gasteiger partial charge in [-0.25, -0.2) is 0 Å². The molecule has 1 aromatic carbocycles. The summed E-state index contributed by atoms with van der Waals surface area (Å²) in [6.45, 7) is 9.63. The molecular weight excluding hydrogens is 411 g/mol. The van der Waals surface area contributed by atoms with Crippen molar-refractivity contribution in [2.24, 2.45) is 11.1 Å². The van der Waals surface area contributed by atoms with Gasteiger partial charge in [0.2, 0.25) is 0 Å². The van der Waals surface area contributed by atoms with Crippen LogP contribution in [0.4, 0.5) is 0 Å². The lowest BCUT2D eigenvalue weighted by Crippen LogP contribution is -2.39. The van der Waals surface area contributed by atoms with Gasteiger partial charge in [-0.1, -0.05) is 18.2 Å². The van der Waals surface area contributed by atoms with Crippen molar-refractivity contribution in [1.29, 1.82) is 0 Å². The van der Waals surface area contributed by atoms with E-state index in [0.29, 0.717) is 6.54 Å². The number of rotatable bonds is 12. The summed E-state index contributed by atoms with van der Waals surface area (Å²) in [7, 11) is 2.10. The first-order valence-corrected chi connectivity index (χ1v) is 10.4. The Morgan fingerprint density at radius 3 is 2.17 bits per heavy atom. The highest BCUT2D eigenvalue weighted by Crippen LogP contribution is 2.39. The number of hydrogen-bond donors (Lipinski definition) is 1. The Balaban J connectivity index is 0.00000392. The van der Waals surface area contributed by atoms with Crippen molar-refractivity contribution in [2.45, 2.75) is 52.2 Å². The third kappa shape index (κ3) is 9.41. The van der Waals surface area contributed by atoms with Crippen LogP contribution in [-0.2, 0) is 16.0 Å². The summed E-state index contributed by atoms with van der Waals surface area (Å²) in [5.74, 6) is 1.01. The molecule has 7 heteroatoms. The molecule has 1 saturated carbocycles. The van der Waals surface area contributed by atoms with Gasteiger partial charge in [-0.3, -0.25) is 0 Å². The van der Waals surface area contributed by atoms with Crippen LogP contribution in [0.25, 0.3) is 0 Å². The monoisotopic (exact) mass is 450 g/mol. The van der Waals surface area contributed by atoms with Crippen LogP contribution in [0.2, 0.25) is 0 Å². The van der Waals surface area contributed by atoms with Crippen LogP contribution >= 0.6 is 24.8 Å². The van der Waals surface area contributed by atoms with Crippen LogP contribution < -0.4 is 10.5 Å². The molecule has 1 fully saturated rings. The fourth-order valence-electron chi connectivity index (χ4n) is 3.81. The van der Waals surface area contributed by atoms with Crippen molar-refractivity contribution in [2.75, 3.05) is 46.6 Å². The van der Waals surface area contributed by atoms with Gasteiger partial charge < -0.3 is 24.8 Å². The molecule has 2 rings (SSSR count). The van der Waals surface area contributed by atoms with E-state index in [0.717, 1.165) is 70.9 Å². The molecular formula is C22H40Cl2N2O3. The molecule has 0 amide bonds. The number of nitrogens with zero attached hydrogens (tertiary/aromatic N) is 1. The summed E-state index contributed by atoms with van der Waals surface area (Å²) in [5, 5.41) is 0. The molecule has 0 saturated heterocycles. The molecule has 0 atom stereocenters. The molecule has 0 heterocycles. The van der Waals surface area contributed by atoms with Gasteiger partial charge in [-0.05, 0) is 52.6 Å². The number of likely N-dealkylation sites (N-methyl/N-ethyl adjacent to an activating group) is 1. The van der Waals surface area contributed by atoms with E-state index in [4.69, 9.17) is 19.9 Å². The molecule has 0 aromatic heterocycles. The summed E-state index contributed by atoms with van der Waals surface area (Å²) in [5.41, 5.74) is 7.05. The molecule has 0 spiro atoms. The van der Waals surface area contributed by atoms with Crippen LogP contribution in [0.15, 0.2) is 24.3 Å². The molecule has 0 radical (unpaired) electrons. The zero-order chi connectivity index (χ0) is 19.5. The van der Waals surface area contributed by atoms with E-state index < -0.39 is 0 Å². The number of para-hydroxylation sites is 1. The summed E-state index contributed by atoms with van der Waals surface area (Å²) in [4.78, 5) is 2.23. The Kier molecular flexibility index (Phi) is 15.0. The molecule has 2 N–H and O–H groups in total. The molecule has 0 aliphatic heterocycles. The maximum Gasteiger partial charge on any atom is 0.124 e. The van der Waals surface area contributed by atoms with Crippen molar-refractivity contribution >= 4 is 24.8 Å². The Labute approximate surface area is 189 Å². The predicted octanol–water partition coefficient (Wildman–Crippen LogP) is 4.30. The lowest BCUT2D eigenvalue weighted by molar-refractivity contribution is -0.0527. The summed E-state index contributed by atoms with van der Waals surface area (Å²) < 4.78 is 18.0. The zero-order valence-corrected chi connectivity index (χ0v) is 19.9. The Hall–Kier alpha value is -0.560. The number of hydrogen-bond acceptors (Lipinski definition) is 5. The van der Waals surface area contributed by atoms with Crippen LogP contribution in [-0.4, -0.2) is 57.6 Å². The van der Waals surface area contributed by atoms with Crippen molar-refractivity contribution in [3.8, 4) is 5.75 Å². The smallest absolute Gasteiger partial charge is 0.124 e. The van der Waals surface area contributed by atoms with Crippen LogP contribution in [0, 0.1) is 5.41 Å². The minimum Gasteiger partial charge on any atom is -0.490 e. The van der Waals surface area contributed by atoms with Gasteiger partial charge in [0.05, 0.1) is 19.3 Å². The molecule has 170 valence electrons. The molecule has 0 bridgehead atoms. The Morgan fingerprint density at radius 2 is 1.62 bits per heavy atom. The maximum absolute atomic E-state index is 6.43. The first-order valence-electron chi connectivity index (χ1n) is 10.4. The average Bonchev–Trinajstić information content (AvgIpc) is 2.68. The van der Waals surface area contributed by atoms with E-state index in [1.54, 1.807) is 0 Å². The quantitative estimate of drug-likeness (QED) is 0.514. The summed E-state index contributed by atoms with van der Waals surface area (Å²) >= 11 is 0. The fraction of sp³-hybridized carbons (Fsp3) is 0.727. The summed E-state index contributed by atoms with van der Waals surface area (Å²) in [6, 6.07) is 8.38. The van der Waals surface area contributed by atoms with E-state index in [2.05, 4.69) is 50.1 Å². The second-order valence-corrected chi connectivity index (χ2v) is 7.73. The first-order chi connectivity index (χ1) is 13.1. The second-order valence-electron chi connectivity index (χ2n) is 7.73. The maximum atomic E-state index is 6.43. The Bertz CT molecular complexity index is 531. The third-order valence-corrected chi connectivity index (χ3v) is 5.44. The van der Waals surface area contributed by atoms with Crippen LogP contribution in [0.1, 0.15) is 45.1 Å². The van der Waals surface area contributed by atoms with E-state index in [-0.39, 0.29) is 36.3 Å². The average molecular weight is 451 g/mol. The van der Waals surface area contributed by atoms with E-state index in [1.807, 2.05) is 0 Å². The standard InChI is InChI=1S/C22H38N2O3.2ClH/c1-4-25-17-22(18-26-5-2)12-10-20(11-13-22)27-21-9-7-6-8-19(21)16-24(3)15-14-23;;/h6-9,20H,4-5,10-18,23H2,1-3H3;2*1H. The van der Waals surface area contributed by atoms with Gasteiger partial charge in [0.15, 0.2) is 0 Å². The van der Waals surface area contributed by atoms with Crippen molar-refractivity contribution in [3.63, 3.8) is 0 Å². The number of ether oxygens (including phenoxy) is 3. The summed E-state index contributed by atoms with van der Waals surface area (Å²) in [6.07, 6.45) is 4.54. The Morgan fingerprint density at radius 1 is 1.03 bits per heavy atom. The number of nitrogens with two attached hydrogens (primary N) is 1.